The molecule has 1 aliphatic rings. The molecule has 1 atom stereocenters. The van der Waals surface area contributed by atoms with Gasteiger partial charge in [0.2, 0.25) is 0 Å². The number of piperazine rings is 1. The summed E-state index contributed by atoms with van der Waals surface area (Å²) in [4.78, 5) is 2.77. The predicted octanol–water partition coefficient (Wildman–Crippen LogP) is 3.42. The van der Waals surface area contributed by atoms with Gasteiger partial charge < -0.3 is 5.32 Å². The van der Waals surface area contributed by atoms with Gasteiger partial charge in [-0.2, -0.15) is 0 Å². The van der Waals surface area contributed by atoms with Crippen LogP contribution in [0.15, 0.2) is 0 Å². The van der Waals surface area contributed by atoms with Crippen LogP contribution in [0.25, 0.3) is 0 Å². The summed E-state index contributed by atoms with van der Waals surface area (Å²) in [6.07, 6.45) is 6.39. The van der Waals surface area contributed by atoms with E-state index >= 15 is 0 Å². The van der Waals surface area contributed by atoms with Gasteiger partial charge in [0.15, 0.2) is 0 Å². The normalized spacial score (nSPS) is 29.5. The summed E-state index contributed by atoms with van der Waals surface area (Å²) in [6.45, 7) is 15.3. The highest BCUT2D eigenvalue weighted by Crippen LogP contribution is 2.31. The van der Waals surface area contributed by atoms with Crippen LogP contribution in [-0.2, 0) is 0 Å². The molecule has 0 spiro atoms. The topological polar surface area (TPSA) is 15.3 Å². The summed E-state index contributed by atoms with van der Waals surface area (Å²) in [5, 5.41) is 3.80. The van der Waals surface area contributed by atoms with Gasteiger partial charge in [-0.3, -0.25) is 4.90 Å². The maximum absolute atomic E-state index is 3.80. The van der Waals surface area contributed by atoms with Crippen molar-refractivity contribution in [3.63, 3.8) is 0 Å². The number of hydrogen-bond acceptors (Lipinski definition) is 2. The van der Waals surface area contributed by atoms with Gasteiger partial charge in [-0.25, -0.2) is 0 Å². The van der Waals surface area contributed by atoms with Crippen LogP contribution in [-0.4, -0.2) is 35.6 Å². The van der Waals surface area contributed by atoms with E-state index in [1.54, 1.807) is 0 Å². The Balaban J connectivity index is 2.78. The van der Waals surface area contributed by atoms with Crippen LogP contribution < -0.4 is 5.32 Å². The molecule has 0 saturated carbocycles. The van der Waals surface area contributed by atoms with E-state index in [0.29, 0.717) is 11.1 Å². The lowest BCUT2D eigenvalue weighted by molar-refractivity contribution is 0.00158. The van der Waals surface area contributed by atoms with Crippen LogP contribution in [0.1, 0.15) is 66.7 Å². The van der Waals surface area contributed by atoms with Crippen LogP contribution in [0.2, 0.25) is 0 Å². The second-order valence-electron chi connectivity index (χ2n) is 5.97. The molecule has 0 radical (unpaired) electrons. The highest BCUT2D eigenvalue weighted by molar-refractivity contribution is 5.02. The van der Waals surface area contributed by atoms with Gasteiger partial charge >= 0.3 is 0 Å². The first-order valence-electron chi connectivity index (χ1n) is 7.56. The zero-order valence-electron chi connectivity index (χ0n) is 12.6. The molecule has 1 heterocycles. The average Bonchev–Trinajstić information content (AvgIpc) is 2.37. The Bertz CT molecular complexity index is 223. The molecule has 1 saturated heterocycles. The summed E-state index contributed by atoms with van der Waals surface area (Å²) in [5.41, 5.74) is 0.728. The molecule has 0 bridgehead atoms. The van der Waals surface area contributed by atoms with Gasteiger partial charge in [0.25, 0.3) is 0 Å². The zero-order chi connectivity index (χ0) is 12.9. The highest BCUT2D eigenvalue weighted by atomic mass is 15.3. The van der Waals surface area contributed by atoms with E-state index < -0.39 is 0 Å². The van der Waals surface area contributed by atoms with E-state index in [-0.39, 0.29) is 0 Å². The number of unbranched alkanes of at least 4 members (excludes halogenated alkanes) is 1. The zero-order valence-corrected chi connectivity index (χ0v) is 12.6. The van der Waals surface area contributed by atoms with Crippen molar-refractivity contribution in [1.82, 2.24) is 10.2 Å². The molecule has 1 aliphatic heterocycles. The van der Waals surface area contributed by atoms with E-state index in [1.807, 2.05) is 0 Å². The molecule has 1 N–H and O–H groups in total. The molecular formula is C15H32N2. The van der Waals surface area contributed by atoms with E-state index in [0.717, 1.165) is 6.54 Å². The molecule has 0 amide bonds. The summed E-state index contributed by atoms with van der Waals surface area (Å²) < 4.78 is 0. The minimum Gasteiger partial charge on any atom is -0.308 e. The molecule has 0 aromatic carbocycles. The average molecular weight is 240 g/mol. The molecule has 1 rings (SSSR count). The number of rotatable bonds is 6. The minimum absolute atomic E-state index is 0.321. The first kappa shape index (κ1) is 15.0. The first-order chi connectivity index (χ1) is 8.05. The highest BCUT2D eigenvalue weighted by Gasteiger charge is 2.42. The molecule has 1 unspecified atom stereocenters. The Morgan fingerprint density at radius 1 is 1.06 bits per heavy atom. The van der Waals surface area contributed by atoms with Crippen molar-refractivity contribution >= 4 is 0 Å². The van der Waals surface area contributed by atoms with Crippen molar-refractivity contribution in [1.29, 1.82) is 0 Å². The molecule has 102 valence electrons. The first-order valence-corrected chi connectivity index (χ1v) is 7.56. The fourth-order valence-corrected chi connectivity index (χ4v) is 2.98. The van der Waals surface area contributed by atoms with Crippen molar-refractivity contribution in [2.24, 2.45) is 0 Å². The lowest BCUT2D eigenvalue weighted by Gasteiger charge is -2.53. The van der Waals surface area contributed by atoms with E-state index in [9.17, 15) is 0 Å². The van der Waals surface area contributed by atoms with E-state index in [4.69, 9.17) is 0 Å². The van der Waals surface area contributed by atoms with Crippen LogP contribution in [0.3, 0.4) is 0 Å². The van der Waals surface area contributed by atoms with Gasteiger partial charge in [-0.1, -0.05) is 34.1 Å². The molecular weight excluding hydrogens is 208 g/mol. The Hall–Kier alpha value is -0.0800. The Morgan fingerprint density at radius 2 is 1.71 bits per heavy atom. The third-order valence-corrected chi connectivity index (χ3v) is 4.93. The molecule has 1 fully saturated rings. The quantitative estimate of drug-likeness (QED) is 0.765. The third kappa shape index (κ3) is 3.23. The molecule has 17 heavy (non-hydrogen) atoms. The number of hydrogen-bond donors (Lipinski definition) is 1. The lowest BCUT2D eigenvalue weighted by atomic mass is 9.82. The Labute approximate surface area is 108 Å². The molecule has 2 heteroatoms. The smallest absolute Gasteiger partial charge is 0.0329 e. The van der Waals surface area contributed by atoms with E-state index in [2.05, 4.69) is 44.8 Å². The summed E-state index contributed by atoms with van der Waals surface area (Å²) >= 11 is 0. The maximum Gasteiger partial charge on any atom is 0.0329 e. The van der Waals surface area contributed by atoms with Crippen molar-refractivity contribution in [3.8, 4) is 0 Å². The Kier molecular flexibility index (Phi) is 5.46. The van der Waals surface area contributed by atoms with Crippen molar-refractivity contribution < 1.29 is 0 Å². The van der Waals surface area contributed by atoms with Crippen molar-refractivity contribution in [2.45, 2.75) is 77.8 Å². The van der Waals surface area contributed by atoms with Crippen LogP contribution in [0.5, 0.6) is 0 Å². The van der Waals surface area contributed by atoms with Crippen LogP contribution >= 0.6 is 0 Å². The van der Waals surface area contributed by atoms with Crippen LogP contribution in [0, 0.1) is 0 Å². The van der Waals surface area contributed by atoms with Crippen molar-refractivity contribution in [3.05, 3.63) is 0 Å². The number of nitrogens with one attached hydrogen (secondary N) is 1. The van der Waals surface area contributed by atoms with Crippen molar-refractivity contribution in [2.75, 3.05) is 19.6 Å². The standard InChI is InChI=1S/C15H32N2/c1-6-10-11-17-13-14(5,7-2)16-12-15(17,8-3)9-4/h16H,6-13H2,1-5H3. The summed E-state index contributed by atoms with van der Waals surface area (Å²) in [7, 11) is 0. The third-order valence-electron chi connectivity index (χ3n) is 4.93. The Morgan fingerprint density at radius 3 is 2.18 bits per heavy atom. The van der Waals surface area contributed by atoms with Gasteiger partial charge in [0.05, 0.1) is 0 Å². The van der Waals surface area contributed by atoms with Gasteiger partial charge in [-0.05, 0) is 39.2 Å². The monoisotopic (exact) mass is 240 g/mol. The fraction of sp³-hybridized carbons (Fsp3) is 1.00. The predicted molar refractivity (Wildman–Crippen MR) is 76.5 cm³/mol. The summed E-state index contributed by atoms with van der Waals surface area (Å²) in [5.74, 6) is 0. The lowest BCUT2D eigenvalue weighted by Crippen LogP contribution is -2.68. The minimum atomic E-state index is 0.321. The molecule has 0 aromatic rings. The van der Waals surface area contributed by atoms with Gasteiger partial charge in [0.1, 0.15) is 0 Å². The second-order valence-corrected chi connectivity index (χ2v) is 5.97. The largest absolute Gasteiger partial charge is 0.308 e. The summed E-state index contributed by atoms with van der Waals surface area (Å²) in [6, 6.07) is 0. The molecule has 0 aliphatic carbocycles. The number of nitrogens with zero attached hydrogens (tertiary/aromatic N) is 1. The second kappa shape index (κ2) is 6.19. The SMILES string of the molecule is CCCCN1CC(C)(CC)NCC1(CC)CC. The molecule has 2 nitrogen and oxygen atoms in total. The fourth-order valence-electron chi connectivity index (χ4n) is 2.98. The van der Waals surface area contributed by atoms with Crippen LogP contribution in [0.4, 0.5) is 0 Å². The van der Waals surface area contributed by atoms with Gasteiger partial charge in [0, 0.05) is 24.2 Å². The maximum atomic E-state index is 3.80. The molecule has 0 aromatic heterocycles. The van der Waals surface area contributed by atoms with E-state index in [1.165, 1.54) is 45.2 Å². The van der Waals surface area contributed by atoms with Gasteiger partial charge in [-0.15, -0.1) is 0 Å².